The number of nitrogens with one attached hydrogen (secondary N) is 1. The summed E-state index contributed by atoms with van der Waals surface area (Å²) in [6.07, 6.45) is 3.53. The van der Waals surface area contributed by atoms with Crippen LogP contribution in [0.1, 0.15) is 30.3 Å². The maximum absolute atomic E-state index is 13.2. The van der Waals surface area contributed by atoms with E-state index in [-0.39, 0.29) is 11.6 Å². The van der Waals surface area contributed by atoms with Gasteiger partial charge in [0.05, 0.1) is 12.2 Å². The summed E-state index contributed by atoms with van der Waals surface area (Å²) < 4.78 is 20.4. The molecule has 0 bridgehead atoms. The lowest BCUT2D eigenvalue weighted by molar-refractivity contribution is 0.0673. The van der Waals surface area contributed by atoms with Crippen LogP contribution < -0.4 is 5.56 Å². The van der Waals surface area contributed by atoms with Gasteiger partial charge in [0.1, 0.15) is 17.0 Å². The number of H-pyrrole nitrogens is 1. The van der Waals surface area contributed by atoms with Crippen LogP contribution in [0, 0.1) is 5.82 Å². The Kier molecular flexibility index (Phi) is 4.27. The predicted molar refractivity (Wildman–Crippen MR) is 91.5 cm³/mol. The summed E-state index contributed by atoms with van der Waals surface area (Å²) in [6, 6.07) is 4.35. The van der Waals surface area contributed by atoms with Gasteiger partial charge in [0.25, 0.3) is 5.56 Å². The SMILES string of the molecule is O=c1[nH]c(Cc2ccc(F)cc2Cl)nc2c1cnn2C1CCOCC1. The number of aromatic nitrogens is 4. The first-order valence-electron chi connectivity index (χ1n) is 8.10. The highest BCUT2D eigenvalue weighted by Crippen LogP contribution is 2.24. The Bertz CT molecular complexity index is 978. The van der Waals surface area contributed by atoms with Crippen LogP contribution in [0.4, 0.5) is 4.39 Å². The predicted octanol–water partition coefficient (Wildman–Crippen LogP) is 2.85. The molecule has 0 amide bonds. The molecule has 4 rings (SSSR count). The van der Waals surface area contributed by atoms with Gasteiger partial charge in [-0.25, -0.2) is 14.1 Å². The number of hydrogen-bond donors (Lipinski definition) is 1. The first kappa shape index (κ1) is 16.2. The molecule has 3 heterocycles. The summed E-state index contributed by atoms with van der Waals surface area (Å²) in [5.41, 5.74) is 1.02. The average Bonchev–Trinajstić information content (AvgIpc) is 3.03. The van der Waals surface area contributed by atoms with Gasteiger partial charge in [-0.3, -0.25) is 4.79 Å². The van der Waals surface area contributed by atoms with Crippen molar-refractivity contribution in [2.75, 3.05) is 13.2 Å². The minimum atomic E-state index is -0.400. The van der Waals surface area contributed by atoms with E-state index in [1.165, 1.54) is 12.1 Å². The number of rotatable bonds is 3. The molecule has 1 aliphatic heterocycles. The maximum Gasteiger partial charge on any atom is 0.262 e. The first-order chi connectivity index (χ1) is 12.1. The van der Waals surface area contributed by atoms with E-state index in [4.69, 9.17) is 16.3 Å². The molecule has 0 atom stereocenters. The van der Waals surface area contributed by atoms with Crippen molar-refractivity contribution in [2.24, 2.45) is 0 Å². The molecule has 0 spiro atoms. The van der Waals surface area contributed by atoms with E-state index in [1.807, 2.05) is 4.68 Å². The summed E-state index contributed by atoms with van der Waals surface area (Å²) in [5, 5.41) is 5.13. The maximum atomic E-state index is 13.2. The van der Waals surface area contributed by atoms with Gasteiger partial charge in [-0.2, -0.15) is 5.10 Å². The summed E-state index contributed by atoms with van der Waals surface area (Å²) >= 11 is 6.08. The molecule has 1 aliphatic rings. The molecule has 0 aliphatic carbocycles. The molecular formula is C17H16ClFN4O2. The minimum absolute atomic E-state index is 0.169. The van der Waals surface area contributed by atoms with Gasteiger partial charge in [-0.15, -0.1) is 0 Å². The van der Waals surface area contributed by atoms with Crippen molar-refractivity contribution in [1.82, 2.24) is 19.7 Å². The number of nitrogens with zero attached hydrogens (tertiary/aromatic N) is 3. The lowest BCUT2D eigenvalue weighted by Crippen LogP contribution is -2.21. The van der Waals surface area contributed by atoms with Gasteiger partial charge < -0.3 is 9.72 Å². The van der Waals surface area contributed by atoms with Crippen LogP contribution in [0.25, 0.3) is 11.0 Å². The Hall–Kier alpha value is -2.25. The van der Waals surface area contributed by atoms with E-state index in [9.17, 15) is 9.18 Å². The van der Waals surface area contributed by atoms with Crippen LogP contribution >= 0.6 is 11.6 Å². The van der Waals surface area contributed by atoms with Crippen molar-refractivity contribution in [1.29, 1.82) is 0 Å². The standard InChI is InChI=1S/C17H16ClFN4O2/c18-14-8-11(19)2-1-10(14)7-15-21-16-13(17(24)22-15)9-20-23(16)12-3-5-25-6-4-12/h1-2,8-9,12H,3-7H2,(H,21,22,24). The van der Waals surface area contributed by atoms with Crippen molar-refractivity contribution in [2.45, 2.75) is 25.3 Å². The van der Waals surface area contributed by atoms with Gasteiger partial charge >= 0.3 is 0 Å². The van der Waals surface area contributed by atoms with Crippen molar-refractivity contribution < 1.29 is 9.13 Å². The number of fused-ring (bicyclic) bond motifs is 1. The van der Waals surface area contributed by atoms with E-state index < -0.39 is 5.82 Å². The van der Waals surface area contributed by atoms with E-state index in [0.29, 0.717) is 47.1 Å². The van der Waals surface area contributed by atoms with Gasteiger partial charge in [0, 0.05) is 24.7 Å². The third-order valence-electron chi connectivity index (χ3n) is 4.42. The Morgan fingerprint density at radius 3 is 2.92 bits per heavy atom. The molecule has 0 radical (unpaired) electrons. The number of halogens is 2. The molecule has 8 heteroatoms. The van der Waals surface area contributed by atoms with E-state index >= 15 is 0 Å². The molecule has 3 aromatic rings. The quantitative estimate of drug-likeness (QED) is 0.777. The van der Waals surface area contributed by atoms with E-state index in [1.54, 1.807) is 12.3 Å². The lowest BCUT2D eigenvalue weighted by Gasteiger charge is -2.22. The van der Waals surface area contributed by atoms with Gasteiger partial charge in [0.15, 0.2) is 5.65 Å². The molecular weight excluding hydrogens is 347 g/mol. The zero-order chi connectivity index (χ0) is 17.4. The normalized spacial score (nSPS) is 15.8. The first-order valence-corrected chi connectivity index (χ1v) is 8.47. The number of aromatic amines is 1. The smallest absolute Gasteiger partial charge is 0.262 e. The molecule has 1 saturated heterocycles. The highest BCUT2D eigenvalue weighted by atomic mass is 35.5. The third kappa shape index (κ3) is 3.17. The highest BCUT2D eigenvalue weighted by Gasteiger charge is 2.20. The molecule has 1 N–H and O–H groups in total. The molecule has 6 nitrogen and oxygen atoms in total. The second kappa shape index (κ2) is 6.57. The van der Waals surface area contributed by atoms with E-state index in [2.05, 4.69) is 15.1 Å². The Balaban J connectivity index is 1.73. The molecule has 1 fully saturated rings. The van der Waals surface area contributed by atoms with Crippen molar-refractivity contribution >= 4 is 22.6 Å². The van der Waals surface area contributed by atoms with Crippen LogP contribution in [-0.4, -0.2) is 33.0 Å². The van der Waals surface area contributed by atoms with Gasteiger partial charge in [-0.1, -0.05) is 17.7 Å². The van der Waals surface area contributed by atoms with Crippen LogP contribution in [0.3, 0.4) is 0 Å². The number of hydrogen-bond acceptors (Lipinski definition) is 4. The van der Waals surface area contributed by atoms with Gasteiger partial charge in [0.2, 0.25) is 0 Å². The molecule has 0 unspecified atom stereocenters. The highest BCUT2D eigenvalue weighted by molar-refractivity contribution is 6.31. The Morgan fingerprint density at radius 2 is 2.16 bits per heavy atom. The molecule has 25 heavy (non-hydrogen) atoms. The lowest BCUT2D eigenvalue weighted by atomic mass is 10.1. The molecule has 2 aromatic heterocycles. The topological polar surface area (TPSA) is 72.8 Å². The molecule has 130 valence electrons. The van der Waals surface area contributed by atoms with E-state index in [0.717, 1.165) is 12.8 Å². The fraction of sp³-hybridized carbons (Fsp3) is 0.353. The minimum Gasteiger partial charge on any atom is -0.381 e. The zero-order valence-electron chi connectivity index (χ0n) is 13.3. The number of ether oxygens (including phenoxy) is 1. The van der Waals surface area contributed by atoms with Crippen molar-refractivity contribution in [3.63, 3.8) is 0 Å². The van der Waals surface area contributed by atoms with Crippen molar-refractivity contribution in [3.8, 4) is 0 Å². The summed E-state index contributed by atoms with van der Waals surface area (Å²) in [7, 11) is 0. The van der Waals surface area contributed by atoms with Gasteiger partial charge in [-0.05, 0) is 30.5 Å². The Morgan fingerprint density at radius 1 is 1.36 bits per heavy atom. The van der Waals surface area contributed by atoms with Crippen LogP contribution in [-0.2, 0) is 11.2 Å². The van der Waals surface area contributed by atoms with Crippen LogP contribution in [0.15, 0.2) is 29.2 Å². The fourth-order valence-electron chi connectivity index (χ4n) is 3.11. The number of benzene rings is 1. The molecule has 0 saturated carbocycles. The van der Waals surface area contributed by atoms with Crippen LogP contribution in [0.2, 0.25) is 5.02 Å². The zero-order valence-corrected chi connectivity index (χ0v) is 14.1. The second-order valence-electron chi connectivity index (χ2n) is 6.10. The Labute approximate surface area is 147 Å². The molecule has 1 aromatic carbocycles. The fourth-order valence-corrected chi connectivity index (χ4v) is 3.34. The largest absolute Gasteiger partial charge is 0.381 e. The third-order valence-corrected chi connectivity index (χ3v) is 4.77. The van der Waals surface area contributed by atoms with Crippen molar-refractivity contribution in [3.05, 3.63) is 57.0 Å². The summed E-state index contributed by atoms with van der Waals surface area (Å²) in [4.78, 5) is 19.7. The average molecular weight is 363 g/mol. The second-order valence-corrected chi connectivity index (χ2v) is 6.50. The summed E-state index contributed by atoms with van der Waals surface area (Å²) in [5.74, 6) is 0.0723. The monoisotopic (exact) mass is 362 g/mol. The summed E-state index contributed by atoms with van der Waals surface area (Å²) in [6.45, 7) is 1.35. The van der Waals surface area contributed by atoms with Crippen LogP contribution in [0.5, 0.6) is 0 Å².